The van der Waals surface area contributed by atoms with Crippen molar-refractivity contribution in [3.05, 3.63) is 36.2 Å². The molecule has 124 valence electrons. The second kappa shape index (κ2) is 6.05. The highest BCUT2D eigenvalue weighted by Crippen LogP contribution is 2.42. The largest absolute Gasteiger partial charge is 0.476 e. The molecule has 2 heterocycles. The van der Waals surface area contributed by atoms with Crippen LogP contribution < -0.4 is 0 Å². The number of aromatic carboxylic acids is 1. The molecule has 1 aromatic rings. The van der Waals surface area contributed by atoms with Crippen LogP contribution in [0.5, 0.6) is 0 Å². The molecule has 1 aliphatic heterocycles. The van der Waals surface area contributed by atoms with Crippen molar-refractivity contribution in [2.45, 2.75) is 37.0 Å². The highest BCUT2D eigenvalue weighted by atomic mass is 32.2. The highest BCUT2D eigenvalue weighted by Gasteiger charge is 2.40. The summed E-state index contributed by atoms with van der Waals surface area (Å²) in [6, 6.07) is 2.79. The molecule has 3 rings (SSSR count). The van der Waals surface area contributed by atoms with Crippen molar-refractivity contribution in [2.24, 2.45) is 5.41 Å². The lowest BCUT2D eigenvalue weighted by Crippen LogP contribution is -2.46. The van der Waals surface area contributed by atoms with Crippen molar-refractivity contribution in [1.29, 1.82) is 0 Å². The van der Waals surface area contributed by atoms with Gasteiger partial charge in [-0.3, -0.25) is 0 Å². The van der Waals surface area contributed by atoms with Gasteiger partial charge in [0.2, 0.25) is 10.0 Å². The first kappa shape index (κ1) is 16.1. The molecule has 1 unspecified atom stereocenters. The predicted molar refractivity (Wildman–Crippen MR) is 84.6 cm³/mol. The number of piperidine rings is 1. The third-order valence-electron chi connectivity index (χ3n) is 4.78. The van der Waals surface area contributed by atoms with Crippen LogP contribution in [-0.2, 0) is 10.0 Å². The van der Waals surface area contributed by atoms with Gasteiger partial charge in [0.1, 0.15) is 4.90 Å². The molecule has 0 aromatic carbocycles. The Labute approximate surface area is 135 Å². The summed E-state index contributed by atoms with van der Waals surface area (Å²) in [7, 11) is -3.85. The first-order valence-corrected chi connectivity index (χ1v) is 9.22. The second-order valence-corrected chi connectivity index (χ2v) is 8.22. The third kappa shape index (κ3) is 3.03. The van der Waals surface area contributed by atoms with Crippen LogP contribution in [0.25, 0.3) is 0 Å². The summed E-state index contributed by atoms with van der Waals surface area (Å²) in [6.45, 7) is 0.884. The van der Waals surface area contributed by atoms with E-state index in [-0.39, 0.29) is 10.3 Å². The number of hydrogen-bond acceptors (Lipinski definition) is 4. The van der Waals surface area contributed by atoms with Gasteiger partial charge in [-0.25, -0.2) is 18.2 Å². The molecule has 2 aliphatic rings. The van der Waals surface area contributed by atoms with Crippen molar-refractivity contribution in [3.63, 3.8) is 0 Å². The standard InChI is InChI=1S/C16H20N2O4S/c19-15(20)14-13(6-4-10-17-14)23(21,22)18-11-5-9-16(12-18)7-2-1-3-8-16/h1-2,4,6,10H,3,5,7-9,11-12H2,(H,19,20). The van der Waals surface area contributed by atoms with Gasteiger partial charge >= 0.3 is 5.97 Å². The van der Waals surface area contributed by atoms with Gasteiger partial charge in [-0.05, 0) is 49.7 Å². The average Bonchev–Trinajstić information content (AvgIpc) is 2.55. The molecular weight excluding hydrogens is 316 g/mol. The van der Waals surface area contributed by atoms with E-state index >= 15 is 0 Å². The lowest BCUT2D eigenvalue weighted by Gasteiger charge is -2.43. The molecule has 0 radical (unpaired) electrons. The minimum absolute atomic E-state index is 0.00827. The van der Waals surface area contributed by atoms with E-state index < -0.39 is 21.7 Å². The average molecular weight is 336 g/mol. The smallest absolute Gasteiger partial charge is 0.355 e. The van der Waals surface area contributed by atoms with Crippen LogP contribution in [0.3, 0.4) is 0 Å². The van der Waals surface area contributed by atoms with Crippen LogP contribution in [-0.4, -0.2) is 41.9 Å². The topological polar surface area (TPSA) is 87.6 Å². The summed E-state index contributed by atoms with van der Waals surface area (Å²) >= 11 is 0. The number of carboxylic acids is 1. The Hall–Kier alpha value is -1.73. The number of carbonyl (C=O) groups is 1. The first-order chi connectivity index (χ1) is 10.9. The maximum atomic E-state index is 12.9. The number of nitrogens with zero attached hydrogens (tertiary/aromatic N) is 2. The van der Waals surface area contributed by atoms with Gasteiger partial charge < -0.3 is 5.11 Å². The van der Waals surface area contributed by atoms with E-state index in [1.807, 2.05) is 0 Å². The van der Waals surface area contributed by atoms with Gasteiger partial charge in [0.25, 0.3) is 0 Å². The molecule has 1 atom stereocenters. The number of rotatable bonds is 3. The van der Waals surface area contributed by atoms with Crippen LogP contribution in [0, 0.1) is 5.41 Å². The summed E-state index contributed by atoms with van der Waals surface area (Å²) < 4.78 is 27.3. The number of pyridine rings is 1. The summed E-state index contributed by atoms with van der Waals surface area (Å²) in [5, 5.41) is 9.21. The molecule has 1 saturated heterocycles. The van der Waals surface area contributed by atoms with Gasteiger partial charge in [-0.2, -0.15) is 4.31 Å². The quantitative estimate of drug-likeness (QED) is 0.856. The summed E-state index contributed by atoms with van der Waals surface area (Å²) in [5.74, 6) is -1.32. The molecule has 0 bridgehead atoms. The van der Waals surface area contributed by atoms with Gasteiger partial charge in [0.15, 0.2) is 5.69 Å². The first-order valence-electron chi connectivity index (χ1n) is 7.78. The molecule has 23 heavy (non-hydrogen) atoms. The fourth-order valence-electron chi connectivity index (χ4n) is 3.58. The van der Waals surface area contributed by atoms with Gasteiger partial charge in [0, 0.05) is 19.3 Å². The Morgan fingerprint density at radius 2 is 2.13 bits per heavy atom. The molecule has 1 N–H and O–H groups in total. The molecule has 1 aromatic heterocycles. The normalized spacial score (nSPS) is 25.6. The number of aromatic nitrogens is 1. The molecule has 1 fully saturated rings. The minimum Gasteiger partial charge on any atom is -0.476 e. The van der Waals surface area contributed by atoms with Crippen molar-refractivity contribution in [1.82, 2.24) is 9.29 Å². The van der Waals surface area contributed by atoms with Crippen LogP contribution in [0.4, 0.5) is 0 Å². The van der Waals surface area contributed by atoms with Gasteiger partial charge in [-0.1, -0.05) is 12.2 Å². The number of sulfonamides is 1. The Morgan fingerprint density at radius 3 is 2.83 bits per heavy atom. The van der Waals surface area contributed by atoms with Crippen LogP contribution in [0.1, 0.15) is 42.6 Å². The number of allylic oxidation sites excluding steroid dienone is 2. The summed E-state index contributed by atoms with van der Waals surface area (Å²) in [4.78, 5) is 14.8. The maximum Gasteiger partial charge on any atom is 0.355 e. The fraction of sp³-hybridized carbons (Fsp3) is 0.500. The van der Waals surface area contributed by atoms with Crippen LogP contribution >= 0.6 is 0 Å². The van der Waals surface area contributed by atoms with E-state index in [1.54, 1.807) is 0 Å². The van der Waals surface area contributed by atoms with E-state index in [1.165, 1.54) is 22.6 Å². The summed E-state index contributed by atoms with van der Waals surface area (Å²) in [6.07, 6.45) is 10.2. The minimum atomic E-state index is -3.85. The molecular formula is C16H20N2O4S. The zero-order valence-electron chi connectivity index (χ0n) is 12.8. The highest BCUT2D eigenvalue weighted by molar-refractivity contribution is 7.89. The Morgan fingerprint density at radius 1 is 1.30 bits per heavy atom. The Kier molecular flexibility index (Phi) is 4.25. The summed E-state index contributed by atoms with van der Waals surface area (Å²) in [5.41, 5.74) is -0.415. The molecule has 0 saturated carbocycles. The predicted octanol–water partition coefficient (Wildman–Crippen LogP) is 2.29. The van der Waals surface area contributed by atoms with Crippen molar-refractivity contribution in [3.8, 4) is 0 Å². The molecule has 7 heteroatoms. The van der Waals surface area contributed by atoms with E-state index in [4.69, 9.17) is 0 Å². The van der Waals surface area contributed by atoms with Crippen molar-refractivity contribution in [2.75, 3.05) is 13.1 Å². The molecule has 6 nitrogen and oxygen atoms in total. The lowest BCUT2D eigenvalue weighted by atomic mass is 9.72. The number of carboxylic acid groups (broad SMARTS) is 1. The van der Waals surface area contributed by atoms with Crippen LogP contribution in [0.2, 0.25) is 0 Å². The zero-order chi connectivity index (χ0) is 16.5. The number of hydrogen-bond donors (Lipinski definition) is 1. The maximum absolute atomic E-state index is 12.9. The Balaban J connectivity index is 1.94. The van der Waals surface area contributed by atoms with Gasteiger partial charge in [0.05, 0.1) is 0 Å². The molecule has 1 spiro atoms. The SMILES string of the molecule is O=C(O)c1ncccc1S(=O)(=O)N1CCCC2(CC=CCC2)C1. The third-order valence-corrected chi connectivity index (χ3v) is 6.65. The van der Waals surface area contributed by atoms with Crippen molar-refractivity contribution >= 4 is 16.0 Å². The second-order valence-electron chi connectivity index (χ2n) is 6.31. The van der Waals surface area contributed by atoms with Crippen molar-refractivity contribution < 1.29 is 18.3 Å². The molecule has 1 aliphatic carbocycles. The zero-order valence-corrected chi connectivity index (χ0v) is 13.6. The van der Waals surface area contributed by atoms with Crippen LogP contribution in [0.15, 0.2) is 35.4 Å². The molecule has 0 amide bonds. The fourth-order valence-corrected chi connectivity index (χ4v) is 5.31. The van der Waals surface area contributed by atoms with E-state index in [0.29, 0.717) is 13.1 Å². The van der Waals surface area contributed by atoms with Gasteiger partial charge in [-0.15, -0.1) is 0 Å². The van der Waals surface area contributed by atoms with E-state index in [2.05, 4.69) is 17.1 Å². The monoisotopic (exact) mass is 336 g/mol. The lowest BCUT2D eigenvalue weighted by molar-refractivity contribution is 0.0685. The van der Waals surface area contributed by atoms with E-state index in [9.17, 15) is 18.3 Å². The van der Waals surface area contributed by atoms with E-state index in [0.717, 1.165) is 32.1 Å². The Bertz CT molecular complexity index is 744.